The van der Waals surface area contributed by atoms with Crippen LogP contribution in [-0.2, 0) is 0 Å². The topological polar surface area (TPSA) is 26.0 Å². The molecule has 0 fully saturated rings. The Morgan fingerprint density at radius 3 is 2.83 bits per heavy atom. The van der Waals surface area contributed by atoms with Crippen LogP contribution >= 0.6 is 34.5 Å². The smallest absolute Gasteiger partial charge is 0.293 e. The Bertz CT molecular complexity index is 909. The number of thiophene rings is 1. The molecule has 0 aliphatic carbocycles. The minimum Gasteiger partial charge on any atom is -0.426 e. The second-order valence-corrected chi connectivity index (χ2v) is 5.79. The van der Waals surface area contributed by atoms with Crippen molar-refractivity contribution in [2.24, 2.45) is 0 Å². The summed E-state index contributed by atoms with van der Waals surface area (Å²) in [4.78, 5) is 4.25. The molecule has 0 N–H and O–H groups in total. The average Bonchev–Trinajstić information content (AvgIpc) is 2.88. The maximum absolute atomic E-state index is 6.19. The Morgan fingerprint density at radius 2 is 1.94 bits per heavy atom. The third-order valence-corrected chi connectivity index (χ3v) is 4.50. The standard InChI is InChI=1S/C13H5Cl2NOS/c14-7-5-9-10(11-12(7)17-13(15)16-11)6-3-1-2-4-8(6)18-9/h1-5H. The van der Waals surface area contributed by atoms with Crippen LogP contribution in [0.5, 0.6) is 0 Å². The highest BCUT2D eigenvalue weighted by atomic mass is 35.5. The van der Waals surface area contributed by atoms with Crippen molar-refractivity contribution in [3.8, 4) is 0 Å². The van der Waals surface area contributed by atoms with Gasteiger partial charge >= 0.3 is 0 Å². The van der Waals surface area contributed by atoms with Gasteiger partial charge in [0.25, 0.3) is 5.35 Å². The van der Waals surface area contributed by atoms with E-state index in [4.69, 9.17) is 27.6 Å². The normalized spacial score (nSPS) is 11.9. The van der Waals surface area contributed by atoms with Crippen LogP contribution in [0, 0.1) is 0 Å². The number of nitrogens with zero attached hydrogens (tertiary/aromatic N) is 1. The van der Waals surface area contributed by atoms with Gasteiger partial charge in [0.15, 0.2) is 5.58 Å². The van der Waals surface area contributed by atoms with Crippen LogP contribution in [0.3, 0.4) is 0 Å². The van der Waals surface area contributed by atoms with Gasteiger partial charge in [0.2, 0.25) is 0 Å². The number of halogens is 2. The zero-order valence-corrected chi connectivity index (χ0v) is 11.2. The predicted octanol–water partition coefficient (Wildman–Crippen LogP) is 5.50. The quantitative estimate of drug-likeness (QED) is 0.428. The summed E-state index contributed by atoms with van der Waals surface area (Å²) in [6.07, 6.45) is 0. The van der Waals surface area contributed by atoms with Crippen molar-refractivity contribution in [3.05, 3.63) is 40.7 Å². The molecule has 18 heavy (non-hydrogen) atoms. The number of fused-ring (bicyclic) bond motifs is 5. The molecule has 0 radical (unpaired) electrons. The molecule has 0 spiro atoms. The van der Waals surface area contributed by atoms with Gasteiger partial charge in [0.05, 0.1) is 5.02 Å². The molecule has 5 heteroatoms. The van der Waals surface area contributed by atoms with Gasteiger partial charge in [-0.25, -0.2) is 0 Å². The Labute approximate surface area is 116 Å². The third kappa shape index (κ3) is 1.32. The van der Waals surface area contributed by atoms with E-state index in [1.54, 1.807) is 11.3 Å². The van der Waals surface area contributed by atoms with Gasteiger partial charge in [-0.1, -0.05) is 29.8 Å². The molecule has 0 atom stereocenters. The molecule has 88 valence electrons. The lowest BCUT2D eigenvalue weighted by atomic mass is 10.1. The second kappa shape index (κ2) is 3.60. The van der Waals surface area contributed by atoms with E-state index >= 15 is 0 Å². The van der Waals surface area contributed by atoms with Crippen molar-refractivity contribution < 1.29 is 4.42 Å². The van der Waals surface area contributed by atoms with E-state index < -0.39 is 0 Å². The fraction of sp³-hybridized carbons (Fsp3) is 0. The summed E-state index contributed by atoms with van der Waals surface area (Å²) in [6.45, 7) is 0. The van der Waals surface area contributed by atoms with Gasteiger partial charge in [-0.2, -0.15) is 4.98 Å². The first-order chi connectivity index (χ1) is 8.74. The van der Waals surface area contributed by atoms with E-state index in [1.807, 2.05) is 18.2 Å². The van der Waals surface area contributed by atoms with Crippen molar-refractivity contribution >= 4 is 65.8 Å². The van der Waals surface area contributed by atoms with Crippen molar-refractivity contribution in [1.82, 2.24) is 4.98 Å². The van der Waals surface area contributed by atoms with Crippen molar-refractivity contribution in [2.45, 2.75) is 0 Å². The summed E-state index contributed by atoms with van der Waals surface area (Å²) in [6, 6.07) is 10.1. The van der Waals surface area contributed by atoms with Gasteiger partial charge in [-0.3, -0.25) is 0 Å². The van der Waals surface area contributed by atoms with Gasteiger partial charge in [0, 0.05) is 20.2 Å². The van der Waals surface area contributed by atoms with Crippen molar-refractivity contribution in [1.29, 1.82) is 0 Å². The van der Waals surface area contributed by atoms with Crippen LogP contribution in [0.2, 0.25) is 10.4 Å². The number of hydrogen-bond donors (Lipinski definition) is 0. The molecular formula is C13H5Cl2NOS. The van der Waals surface area contributed by atoms with Crippen molar-refractivity contribution in [2.75, 3.05) is 0 Å². The molecule has 0 aliphatic heterocycles. The first-order valence-electron chi connectivity index (χ1n) is 5.30. The largest absolute Gasteiger partial charge is 0.426 e. The summed E-state index contributed by atoms with van der Waals surface area (Å²) < 4.78 is 7.65. The zero-order valence-electron chi connectivity index (χ0n) is 8.91. The first kappa shape index (κ1) is 10.6. The molecule has 2 aromatic heterocycles. The Balaban J connectivity index is 2.38. The summed E-state index contributed by atoms with van der Waals surface area (Å²) in [7, 11) is 0. The molecule has 2 nitrogen and oxygen atoms in total. The minimum atomic E-state index is 0.120. The highest BCUT2D eigenvalue weighted by molar-refractivity contribution is 7.26. The van der Waals surface area contributed by atoms with Crippen molar-refractivity contribution in [3.63, 3.8) is 0 Å². The van der Waals surface area contributed by atoms with Gasteiger partial charge < -0.3 is 4.42 Å². The molecule has 0 aliphatic rings. The number of hydrogen-bond acceptors (Lipinski definition) is 3. The van der Waals surface area contributed by atoms with E-state index in [0.29, 0.717) is 10.6 Å². The summed E-state index contributed by atoms with van der Waals surface area (Å²) in [5, 5.41) is 2.88. The number of oxazole rings is 1. The Hall–Kier alpha value is -1.29. The van der Waals surface area contributed by atoms with Gasteiger partial charge in [-0.15, -0.1) is 11.3 Å². The summed E-state index contributed by atoms with van der Waals surface area (Å²) >= 11 is 13.7. The van der Waals surface area contributed by atoms with Gasteiger partial charge in [-0.05, 0) is 23.7 Å². The molecule has 0 saturated carbocycles. The number of benzene rings is 2. The Kier molecular flexibility index (Phi) is 2.13. The fourth-order valence-corrected chi connectivity index (χ4v) is 3.83. The minimum absolute atomic E-state index is 0.120. The molecule has 4 aromatic rings. The molecule has 0 amide bonds. The van der Waals surface area contributed by atoms with E-state index in [0.717, 1.165) is 21.0 Å². The van der Waals surface area contributed by atoms with Crippen LogP contribution in [0.15, 0.2) is 34.7 Å². The fourth-order valence-electron chi connectivity index (χ4n) is 2.22. The van der Waals surface area contributed by atoms with Crippen LogP contribution in [-0.4, -0.2) is 4.98 Å². The lowest BCUT2D eigenvalue weighted by molar-refractivity contribution is 0.605. The first-order valence-corrected chi connectivity index (χ1v) is 6.87. The second-order valence-electron chi connectivity index (χ2n) is 3.97. The molecular weight excluding hydrogens is 289 g/mol. The molecule has 0 saturated heterocycles. The molecule has 4 rings (SSSR count). The lowest BCUT2D eigenvalue weighted by Crippen LogP contribution is -1.73. The molecule has 0 unspecified atom stereocenters. The van der Waals surface area contributed by atoms with Crippen LogP contribution < -0.4 is 0 Å². The summed E-state index contributed by atoms with van der Waals surface area (Å²) in [5.41, 5.74) is 1.29. The highest BCUT2D eigenvalue weighted by Gasteiger charge is 2.16. The molecule has 2 aromatic carbocycles. The Morgan fingerprint density at radius 1 is 1.11 bits per heavy atom. The maximum atomic E-state index is 6.19. The molecule has 2 heterocycles. The SMILES string of the molecule is Clc1nc2c(o1)c(Cl)cc1sc3ccccc3c12. The summed E-state index contributed by atoms with van der Waals surface area (Å²) in [5.74, 6) is 0. The van der Waals surface area contributed by atoms with E-state index in [-0.39, 0.29) is 5.35 Å². The zero-order chi connectivity index (χ0) is 12.3. The third-order valence-electron chi connectivity index (χ3n) is 2.94. The van der Waals surface area contributed by atoms with E-state index in [2.05, 4.69) is 17.1 Å². The van der Waals surface area contributed by atoms with E-state index in [1.165, 1.54) is 4.70 Å². The predicted molar refractivity (Wildman–Crippen MR) is 76.9 cm³/mol. The number of aromatic nitrogens is 1. The van der Waals surface area contributed by atoms with Crippen LogP contribution in [0.25, 0.3) is 31.3 Å². The van der Waals surface area contributed by atoms with Gasteiger partial charge in [0.1, 0.15) is 5.52 Å². The molecule has 0 bridgehead atoms. The number of rotatable bonds is 0. The van der Waals surface area contributed by atoms with Crippen LogP contribution in [0.4, 0.5) is 0 Å². The highest BCUT2D eigenvalue weighted by Crippen LogP contribution is 2.41. The average molecular weight is 294 g/mol. The monoisotopic (exact) mass is 293 g/mol. The van der Waals surface area contributed by atoms with E-state index in [9.17, 15) is 0 Å². The van der Waals surface area contributed by atoms with Crippen LogP contribution in [0.1, 0.15) is 0 Å². The maximum Gasteiger partial charge on any atom is 0.293 e. The lowest BCUT2D eigenvalue weighted by Gasteiger charge is -1.94.